The molecule has 0 aromatic carbocycles. The molecule has 1 aromatic heterocycles. The monoisotopic (exact) mass is 328 g/mol. The molecule has 0 spiro atoms. The number of aromatic nitrogens is 2. The lowest BCUT2D eigenvalue weighted by atomic mass is 10.1. The molecule has 10 nitrogen and oxygen atoms in total. The summed E-state index contributed by atoms with van der Waals surface area (Å²) in [6.07, 6.45) is 0.101. The average molecular weight is 328 g/mol. The van der Waals surface area contributed by atoms with Gasteiger partial charge in [0, 0.05) is 18.2 Å². The third-order valence-electron chi connectivity index (χ3n) is 3.73. The van der Waals surface area contributed by atoms with Gasteiger partial charge in [-0.25, -0.2) is 4.79 Å². The van der Waals surface area contributed by atoms with Crippen molar-refractivity contribution in [3.8, 4) is 0 Å². The predicted molar refractivity (Wildman–Crippen MR) is 78.7 cm³/mol. The maximum absolute atomic E-state index is 11.9. The molecular formula is C13H20N4O6. The zero-order valence-corrected chi connectivity index (χ0v) is 12.6. The van der Waals surface area contributed by atoms with Crippen LogP contribution in [0, 0.1) is 6.92 Å². The van der Waals surface area contributed by atoms with Gasteiger partial charge in [-0.05, 0) is 6.92 Å². The zero-order valence-electron chi connectivity index (χ0n) is 12.6. The molecule has 2 rings (SSSR count). The van der Waals surface area contributed by atoms with Crippen molar-refractivity contribution in [2.24, 2.45) is 5.73 Å². The van der Waals surface area contributed by atoms with E-state index < -0.39 is 48.2 Å². The molecule has 128 valence electrons. The van der Waals surface area contributed by atoms with Crippen LogP contribution in [-0.4, -0.2) is 57.1 Å². The van der Waals surface area contributed by atoms with Gasteiger partial charge in [-0.15, -0.1) is 0 Å². The fraction of sp³-hybridized carbons (Fsp3) is 0.615. The molecule has 1 aliphatic rings. The summed E-state index contributed by atoms with van der Waals surface area (Å²) in [5.41, 5.74) is 4.64. The quantitative estimate of drug-likeness (QED) is 0.383. The minimum absolute atomic E-state index is 0.209. The van der Waals surface area contributed by atoms with Crippen molar-refractivity contribution in [3.63, 3.8) is 0 Å². The maximum Gasteiger partial charge on any atom is 0.330 e. The summed E-state index contributed by atoms with van der Waals surface area (Å²) < 4.78 is 6.78. The van der Waals surface area contributed by atoms with E-state index in [1.807, 2.05) is 0 Å². The van der Waals surface area contributed by atoms with Crippen LogP contribution in [0.4, 0.5) is 0 Å². The molecule has 6 N–H and O–H groups in total. The lowest BCUT2D eigenvalue weighted by Gasteiger charge is -2.19. The lowest BCUT2D eigenvalue weighted by molar-refractivity contribution is -0.124. The number of nitrogens with one attached hydrogen (secondary N) is 2. The second-order valence-electron chi connectivity index (χ2n) is 5.43. The molecule has 1 aliphatic heterocycles. The molecule has 4 atom stereocenters. The highest BCUT2D eigenvalue weighted by molar-refractivity contribution is 5.81. The molecule has 23 heavy (non-hydrogen) atoms. The van der Waals surface area contributed by atoms with Crippen molar-refractivity contribution in [3.05, 3.63) is 32.6 Å². The van der Waals surface area contributed by atoms with E-state index in [1.165, 1.54) is 10.8 Å². The Hall–Kier alpha value is -2.01. The van der Waals surface area contributed by atoms with Gasteiger partial charge in [-0.3, -0.25) is 19.1 Å². The van der Waals surface area contributed by atoms with Crippen LogP contribution in [0.1, 0.15) is 18.2 Å². The Bertz CT molecular complexity index is 684. The van der Waals surface area contributed by atoms with Gasteiger partial charge >= 0.3 is 5.69 Å². The highest BCUT2D eigenvalue weighted by Crippen LogP contribution is 2.27. The van der Waals surface area contributed by atoms with Gasteiger partial charge in [0.1, 0.15) is 18.4 Å². The van der Waals surface area contributed by atoms with E-state index >= 15 is 0 Å². The van der Waals surface area contributed by atoms with Crippen molar-refractivity contribution >= 4 is 5.91 Å². The number of amides is 1. The first-order chi connectivity index (χ1) is 10.9. The van der Waals surface area contributed by atoms with E-state index in [-0.39, 0.29) is 13.0 Å². The Labute approximate surface area is 130 Å². The molecule has 1 unspecified atom stereocenters. The Kier molecular flexibility index (Phi) is 5.31. The standard InChI is InChI=1S/C13H20N4O6/c1-6-3-17(13(22)16-11(6)20)10-2-8(9(5-19)23-10)15-12(21)7(14)4-18/h3,7-10,18-19H,2,4-5,14H2,1H3,(H,15,21)(H,16,20,22)/t7?,8-,9+,10+/m0/s1. The number of aromatic amines is 1. The second kappa shape index (κ2) is 7.04. The molecule has 2 heterocycles. The number of aliphatic hydroxyl groups excluding tert-OH is 2. The van der Waals surface area contributed by atoms with E-state index in [4.69, 9.17) is 15.6 Å². The fourth-order valence-electron chi connectivity index (χ4n) is 2.40. The number of hydrogen-bond donors (Lipinski definition) is 5. The largest absolute Gasteiger partial charge is 0.394 e. The summed E-state index contributed by atoms with van der Waals surface area (Å²) in [7, 11) is 0. The number of H-pyrrole nitrogens is 1. The summed E-state index contributed by atoms with van der Waals surface area (Å²) in [6, 6.07) is -1.65. The van der Waals surface area contributed by atoms with Gasteiger partial charge in [0.05, 0.1) is 19.3 Å². The third kappa shape index (κ3) is 3.67. The van der Waals surface area contributed by atoms with Crippen LogP contribution in [0.2, 0.25) is 0 Å². The Morgan fingerprint density at radius 3 is 2.87 bits per heavy atom. The zero-order chi connectivity index (χ0) is 17.1. The number of nitrogens with two attached hydrogens (primary N) is 1. The van der Waals surface area contributed by atoms with Crippen molar-refractivity contribution in [1.29, 1.82) is 0 Å². The first-order valence-corrected chi connectivity index (χ1v) is 7.12. The molecule has 0 bridgehead atoms. The van der Waals surface area contributed by atoms with E-state index in [9.17, 15) is 19.5 Å². The van der Waals surface area contributed by atoms with E-state index in [0.717, 1.165) is 0 Å². The van der Waals surface area contributed by atoms with Crippen LogP contribution in [0.25, 0.3) is 0 Å². The minimum atomic E-state index is -1.08. The number of nitrogens with zero attached hydrogens (tertiary/aromatic N) is 1. The highest BCUT2D eigenvalue weighted by atomic mass is 16.5. The normalized spacial score (nSPS) is 25.3. The predicted octanol–water partition coefficient (Wildman–Crippen LogP) is -3.07. The van der Waals surface area contributed by atoms with Gasteiger partial charge in [-0.1, -0.05) is 0 Å². The number of aryl methyl sites for hydroxylation is 1. The van der Waals surface area contributed by atoms with Gasteiger partial charge in [0.25, 0.3) is 5.56 Å². The van der Waals surface area contributed by atoms with E-state index in [1.54, 1.807) is 6.92 Å². The number of rotatable bonds is 5. The van der Waals surface area contributed by atoms with Gasteiger partial charge in [0.2, 0.25) is 5.91 Å². The topological polar surface area (TPSA) is 160 Å². The van der Waals surface area contributed by atoms with E-state index in [2.05, 4.69) is 10.3 Å². The molecule has 1 amide bonds. The summed E-state index contributed by atoms with van der Waals surface area (Å²) in [5.74, 6) is -0.579. The maximum atomic E-state index is 11.9. The Balaban J connectivity index is 2.19. The van der Waals surface area contributed by atoms with Crippen molar-refractivity contribution in [2.75, 3.05) is 13.2 Å². The van der Waals surface area contributed by atoms with Gasteiger partial charge < -0.3 is 26.0 Å². The summed E-state index contributed by atoms with van der Waals surface area (Å²) in [5, 5.41) is 20.8. The van der Waals surface area contributed by atoms with Crippen LogP contribution >= 0.6 is 0 Å². The molecule has 1 fully saturated rings. The third-order valence-corrected chi connectivity index (χ3v) is 3.73. The second-order valence-corrected chi connectivity index (χ2v) is 5.43. The number of carbonyl (C=O) groups is 1. The lowest BCUT2D eigenvalue weighted by Crippen LogP contribution is -2.50. The molecule has 0 aliphatic carbocycles. The summed E-state index contributed by atoms with van der Waals surface area (Å²) in [4.78, 5) is 37.2. The molecule has 1 saturated heterocycles. The summed E-state index contributed by atoms with van der Waals surface area (Å²) in [6.45, 7) is 0.672. The molecule has 1 aromatic rings. The first kappa shape index (κ1) is 17.3. The summed E-state index contributed by atoms with van der Waals surface area (Å²) >= 11 is 0. The number of hydrogen-bond acceptors (Lipinski definition) is 7. The van der Waals surface area contributed by atoms with Crippen molar-refractivity contribution in [2.45, 2.75) is 37.8 Å². The smallest absolute Gasteiger partial charge is 0.330 e. The first-order valence-electron chi connectivity index (χ1n) is 7.12. The van der Waals surface area contributed by atoms with Crippen LogP contribution in [0.5, 0.6) is 0 Å². The highest BCUT2D eigenvalue weighted by Gasteiger charge is 2.37. The molecule has 0 radical (unpaired) electrons. The average Bonchev–Trinajstić information content (AvgIpc) is 2.92. The van der Waals surface area contributed by atoms with Crippen molar-refractivity contribution in [1.82, 2.24) is 14.9 Å². The minimum Gasteiger partial charge on any atom is -0.394 e. The van der Waals surface area contributed by atoms with Crippen LogP contribution in [0.15, 0.2) is 15.8 Å². The Morgan fingerprint density at radius 1 is 1.57 bits per heavy atom. The fourth-order valence-corrected chi connectivity index (χ4v) is 2.40. The van der Waals surface area contributed by atoms with Crippen LogP contribution < -0.4 is 22.3 Å². The molecule has 10 heteroatoms. The number of carbonyl (C=O) groups excluding carboxylic acids is 1. The molecular weight excluding hydrogens is 308 g/mol. The van der Waals surface area contributed by atoms with Gasteiger partial charge in [0.15, 0.2) is 0 Å². The van der Waals surface area contributed by atoms with E-state index in [0.29, 0.717) is 5.56 Å². The van der Waals surface area contributed by atoms with Crippen LogP contribution in [0.3, 0.4) is 0 Å². The number of aliphatic hydroxyl groups is 2. The number of ether oxygens (including phenoxy) is 1. The van der Waals surface area contributed by atoms with Gasteiger partial charge in [-0.2, -0.15) is 0 Å². The van der Waals surface area contributed by atoms with Crippen LogP contribution in [-0.2, 0) is 9.53 Å². The SMILES string of the molecule is Cc1cn([C@H]2C[C@H](NC(=O)C(N)CO)[C@@H](CO)O2)c(=O)[nH]c1=O. The Morgan fingerprint density at radius 2 is 2.26 bits per heavy atom. The van der Waals surface area contributed by atoms with Crippen molar-refractivity contribution < 1.29 is 19.7 Å². The molecule has 0 saturated carbocycles.